The molecule has 1 nitrogen and oxygen atoms in total. The van der Waals surface area contributed by atoms with Gasteiger partial charge in [0.2, 0.25) is 0 Å². The highest BCUT2D eigenvalue weighted by molar-refractivity contribution is 9.13. The van der Waals surface area contributed by atoms with Crippen LogP contribution in [0.25, 0.3) is 0 Å². The van der Waals surface area contributed by atoms with Crippen LogP contribution in [0, 0.1) is 0 Å². The summed E-state index contributed by atoms with van der Waals surface area (Å²) in [6, 6.07) is 3.93. The predicted molar refractivity (Wildman–Crippen MR) is 128 cm³/mol. The maximum Gasteiger partial charge on any atom is 0.197 e. The molecule has 0 bridgehead atoms. The molecule has 0 saturated carbocycles. The van der Waals surface area contributed by atoms with Gasteiger partial charge in [0.15, 0.2) is 5.78 Å². The van der Waals surface area contributed by atoms with E-state index in [1.165, 1.54) is 0 Å². The van der Waals surface area contributed by atoms with Gasteiger partial charge in [-0.2, -0.15) is 0 Å². The van der Waals surface area contributed by atoms with Crippen molar-refractivity contribution >= 4 is 133 Å². The fourth-order valence-corrected chi connectivity index (χ4v) is 7.40. The third kappa shape index (κ3) is 4.33. The van der Waals surface area contributed by atoms with E-state index in [1.807, 2.05) is 12.1 Å². The molecule has 0 fully saturated rings. The van der Waals surface area contributed by atoms with Crippen LogP contribution < -0.4 is 0 Å². The molecule has 0 spiro atoms. The SMILES string of the molecule is O=C(c1c(Br)c(Br)cc(CBr)c1Br)c1c(Br)c(Br)cc(CBr)c1Br. The molecule has 128 valence electrons. The van der Waals surface area contributed by atoms with E-state index in [0.717, 1.165) is 29.0 Å². The third-order valence-electron chi connectivity index (χ3n) is 3.21. The maximum absolute atomic E-state index is 13.4. The number of hydrogen-bond acceptors (Lipinski definition) is 1. The van der Waals surface area contributed by atoms with E-state index < -0.39 is 0 Å². The monoisotopic (exact) mass is 833 g/mol. The summed E-state index contributed by atoms with van der Waals surface area (Å²) in [5.74, 6) is -0.0977. The topological polar surface area (TPSA) is 17.1 Å². The smallest absolute Gasteiger partial charge is 0.197 e. The molecule has 0 saturated heterocycles. The summed E-state index contributed by atoms with van der Waals surface area (Å²) in [4.78, 5) is 13.4. The number of halogens is 8. The predicted octanol–water partition coefficient (Wildman–Crippen LogP) is 9.28. The van der Waals surface area contributed by atoms with Crippen molar-refractivity contribution in [3.8, 4) is 0 Å². The molecule has 24 heavy (non-hydrogen) atoms. The maximum atomic E-state index is 13.4. The number of benzene rings is 2. The fourth-order valence-electron chi connectivity index (χ4n) is 2.03. The van der Waals surface area contributed by atoms with Crippen LogP contribution in [0.1, 0.15) is 27.0 Å². The third-order valence-corrected chi connectivity index (χ3v) is 10.2. The first kappa shape index (κ1) is 22.2. The Labute approximate surface area is 207 Å². The lowest BCUT2D eigenvalue weighted by atomic mass is 10.00. The van der Waals surface area contributed by atoms with Gasteiger partial charge in [-0.05, 0) is 119 Å². The normalized spacial score (nSPS) is 11.0. The Balaban J connectivity index is 2.80. The second-order valence-electron chi connectivity index (χ2n) is 4.64. The molecular formula is C15H6Br8O. The summed E-state index contributed by atoms with van der Waals surface area (Å²) in [7, 11) is 0. The van der Waals surface area contributed by atoms with Crippen molar-refractivity contribution in [3.05, 3.63) is 61.2 Å². The molecule has 0 atom stereocenters. The second-order valence-corrected chi connectivity index (χ2v) is 10.6. The van der Waals surface area contributed by atoms with E-state index in [-0.39, 0.29) is 5.78 Å². The first-order chi connectivity index (χ1) is 11.2. The lowest BCUT2D eigenvalue weighted by Gasteiger charge is -2.16. The largest absolute Gasteiger partial charge is 0.288 e. The van der Waals surface area contributed by atoms with Gasteiger partial charge in [-0.1, -0.05) is 31.9 Å². The molecule has 0 aliphatic rings. The molecule has 0 aromatic heterocycles. The van der Waals surface area contributed by atoms with Crippen LogP contribution in [-0.4, -0.2) is 5.78 Å². The molecule has 0 N–H and O–H groups in total. The number of ketones is 1. The lowest BCUT2D eigenvalue weighted by molar-refractivity contribution is 0.103. The van der Waals surface area contributed by atoms with Crippen molar-refractivity contribution in [2.75, 3.05) is 0 Å². The van der Waals surface area contributed by atoms with Gasteiger partial charge in [-0.25, -0.2) is 0 Å². The Hall–Kier alpha value is 1.95. The van der Waals surface area contributed by atoms with Gasteiger partial charge in [0, 0.05) is 37.5 Å². The molecular weight excluding hydrogens is 835 g/mol. The van der Waals surface area contributed by atoms with Crippen molar-refractivity contribution < 1.29 is 4.79 Å². The van der Waals surface area contributed by atoms with Crippen LogP contribution in [0.15, 0.2) is 39.0 Å². The van der Waals surface area contributed by atoms with Crippen molar-refractivity contribution in [1.29, 1.82) is 0 Å². The summed E-state index contributed by atoms with van der Waals surface area (Å²) in [6.45, 7) is 0. The van der Waals surface area contributed by atoms with Crippen LogP contribution in [0.5, 0.6) is 0 Å². The summed E-state index contributed by atoms with van der Waals surface area (Å²) < 4.78 is 4.60. The molecule has 0 amide bonds. The summed E-state index contributed by atoms with van der Waals surface area (Å²) in [5, 5.41) is 1.26. The Morgan fingerprint density at radius 1 is 0.667 bits per heavy atom. The van der Waals surface area contributed by atoms with E-state index in [4.69, 9.17) is 0 Å². The van der Waals surface area contributed by atoms with Crippen molar-refractivity contribution in [1.82, 2.24) is 0 Å². The Morgan fingerprint density at radius 3 is 1.29 bits per heavy atom. The minimum atomic E-state index is -0.0977. The lowest BCUT2D eigenvalue weighted by Crippen LogP contribution is -2.09. The standard InChI is InChI=1S/C15H6Br8O/c16-3-5-1-7(18)13(22)9(11(5)20)15(24)10-12(21)6(4-17)2-8(19)14(10)23/h1-2H,3-4H2. The number of rotatable bonds is 4. The highest BCUT2D eigenvalue weighted by Gasteiger charge is 2.26. The number of carbonyl (C=O) groups is 1. The number of alkyl halides is 2. The van der Waals surface area contributed by atoms with Gasteiger partial charge < -0.3 is 0 Å². The summed E-state index contributed by atoms with van der Waals surface area (Å²) in [6.07, 6.45) is 0. The Kier molecular flexibility index (Phi) is 8.74. The van der Waals surface area contributed by atoms with Gasteiger partial charge in [-0.15, -0.1) is 0 Å². The highest BCUT2D eigenvalue weighted by atomic mass is 79.9. The molecule has 2 aromatic rings. The van der Waals surface area contributed by atoms with Gasteiger partial charge in [0.1, 0.15) is 0 Å². The summed E-state index contributed by atoms with van der Waals surface area (Å²) >= 11 is 28.2. The highest BCUT2D eigenvalue weighted by Crippen LogP contribution is 2.42. The van der Waals surface area contributed by atoms with Crippen LogP contribution >= 0.6 is 127 Å². The van der Waals surface area contributed by atoms with Crippen molar-refractivity contribution in [2.24, 2.45) is 0 Å². The average molecular weight is 841 g/mol. The Bertz CT molecular complexity index is 764. The fraction of sp³-hybridized carbons (Fsp3) is 0.133. The van der Waals surface area contributed by atoms with Crippen molar-refractivity contribution in [3.63, 3.8) is 0 Å². The zero-order valence-electron chi connectivity index (χ0n) is 11.5. The molecule has 0 radical (unpaired) electrons. The molecule has 0 unspecified atom stereocenters. The average Bonchev–Trinajstić information content (AvgIpc) is 2.54. The Morgan fingerprint density at radius 2 is 1.00 bits per heavy atom. The molecule has 2 rings (SSSR count). The van der Waals surface area contributed by atoms with Crippen LogP contribution in [0.2, 0.25) is 0 Å². The van der Waals surface area contributed by atoms with Crippen LogP contribution in [0.3, 0.4) is 0 Å². The summed E-state index contributed by atoms with van der Waals surface area (Å²) in [5.41, 5.74) is 3.10. The first-order valence-corrected chi connectivity index (χ1v) is 13.2. The van der Waals surface area contributed by atoms with Crippen LogP contribution in [-0.2, 0) is 10.7 Å². The quantitative estimate of drug-likeness (QED) is 0.171. The molecule has 0 heterocycles. The minimum absolute atomic E-state index is 0.0977. The van der Waals surface area contributed by atoms with Crippen LogP contribution in [0.4, 0.5) is 0 Å². The zero-order valence-corrected chi connectivity index (χ0v) is 24.2. The molecule has 0 aliphatic heterocycles. The van der Waals surface area contributed by atoms with E-state index in [2.05, 4.69) is 127 Å². The van der Waals surface area contributed by atoms with Gasteiger partial charge >= 0.3 is 0 Å². The number of hydrogen-bond donors (Lipinski definition) is 0. The number of carbonyl (C=O) groups excluding carboxylic acids is 1. The van der Waals surface area contributed by atoms with E-state index >= 15 is 0 Å². The minimum Gasteiger partial charge on any atom is -0.288 e. The first-order valence-electron chi connectivity index (χ1n) is 6.23. The van der Waals surface area contributed by atoms with Gasteiger partial charge in [0.25, 0.3) is 0 Å². The molecule has 9 heteroatoms. The molecule has 0 aliphatic carbocycles. The van der Waals surface area contributed by atoms with E-state index in [1.54, 1.807) is 0 Å². The molecule has 2 aromatic carbocycles. The van der Waals surface area contributed by atoms with Crippen molar-refractivity contribution in [2.45, 2.75) is 10.7 Å². The zero-order chi connectivity index (χ0) is 18.2. The second kappa shape index (κ2) is 9.43. The van der Waals surface area contributed by atoms with E-state index in [9.17, 15) is 4.79 Å². The van der Waals surface area contributed by atoms with Gasteiger partial charge in [-0.3, -0.25) is 4.79 Å². The van der Waals surface area contributed by atoms with Gasteiger partial charge in [0.05, 0.1) is 11.1 Å². The van der Waals surface area contributed by atoms with E-state index in [0.29, 0.717) is 30.7 Å².